The van der Waals surface area contributed by atoms with Gasteiger partial charge in [-0.15, -0.1) is 0 Å². The Balaban J connectivity index is 1.43. The van der Waals surface area contributed by atoms with Crippen LogP contribution < -0.4 is 31.1 Å². The second-order valence-electron chi connectivity index (χ2n) is 11.0. The van der Waals surface area contributed by atoms with Gasteiger partial charge in [-0.1, -0.05) is 78.9 Å². The molecule has 0 amide bonds. The minimum Gasteiger partial charge on any atom is -0.344 e. The topological polar surface area (TPSA) is 9.72 Å². The predicted molar refractivity (Wildman–Crippen MR) is 161 cm³/mol. The highest BCUT2D eigenvalue weighted by molar-refractivity contribution is 7.00. The van der Waals surface area contributed by atoms with Crippen LogP contribution in [0.25, 0.3) is 0 Å². The number of nitrogens with zero attached hydrogens (tertiary/aromatic N) is 3. The van der Waals surface area contributed by atoms with E-state index in [0.717, 1.165) is 6.67 Å². The highest BCUT2D eigenvalue weighted by Crippen LogP contribution is 2.47. The van der Waals surface area contributed by atoms with E-state index < -0.39 is 0 Å². The van der Waals surface area contributed by atoms with Crippen LogP contribution >= 0.6 is 0 Å². The highest BCUT2D eigenvalue weighted by atomic mass is 15.4. The van der Waals surface area contributed by atoms with Gasteiger partial charge in [-0.2, -0.15) is 0 Å². The quantitative estimate of drug-likeness (QED) is 0.270. The number of anilines is 6. The zero-order valence-electron chi connectivity index (χ0n) is 21.7. The van der Waals surface area contributed by atoms with Gasteiger partial charge in [0.25, 0.3) is 6.71 Å². The molecule has 8 rings (SSSR count). The molecule has 5 aromatic rings. The fraction of sp³-hybridized carbons (Fsp3) is 0.118. The van der Waals surface area contributed by atoms with Crippen LogP contribution in [0, 0.1) is 0 Å². The van der Waals surface area contributed by atoms with Gasteiger partial charge in [0.05, 0.1) is 12.2 Å². The molecule has 0 aromatic heterocycles. The highest BCUT2D eigenvalue weighted by Gasteiger charge is 2.48. The standard InChI is InChI=1S/C34H28BN3/c1-34(2)26-17-11-19-28-33(26)36(23-37(34)24-13-5-3-6-14-24)30-21-12-22-31-32(30)35(28)27-18-9-10-20-29(27)38(31)25-15-7-4-8-16-25/h3-22H,23H2,1-2H3. The molecule has 0 N–H and O–H groups in total. The van der Waals surface area contributed by atoms with Crippen LogP contribution in [0.15, 0.2) is 121 Å². The van der Waals surface area contributed by atoms with Gasteiger partial charge in [-0.25, -0.2) is 0 Å². The molecule has 3 nitrogen and oxygen atoms in total. The third kappa shape index (κ3) is 2.80. The normalized spacial score (nSPS) is 16.1. The van der Waals surface area contributed by atoms with E-state index >= 15 is 0 Å². The molecule has 0 aliphatic carbocycles. The lowest BCUT2D eigenvalue weighted by Crippen LogP contribution is -2.65. The van der Waals surface area contributed by atoms with Gasteiger partial charge in [-0.3, -0.25) is 0 Å². The maximum absolute atomic E-state index is 2.56. The fourth-order valence-electron chi connectivity index (χ4n) is 7.00. The molecule has 3 heterocycles. The molecule has 0 spiro atoms. The zero-order valence-corrected chi connectivity index (χ0v) is 21.7. The van der Waals surface area contributed by atoms with E-state index in [2.05, 4.69) is 150 Å². The summed E-state index contributed by atoms with van der Waals surface area (Å²) in [5.41, 5.74) is 13.1. The maximum atomic E-state index is 2.56. The summed E-state index contributed by atoms with van der Waals surface area (Å²) < 4.78 is 0. The van der Waals surface area contributed by atoms with Crippen molar-refractivity contribution in [2.24, 2.45) is 0 Å². The lowest BCUT2D eigenvalue weighted by atomic mass is 9.33. The number of hydrogen-bond donors (Lipinski definition) is 0. The molecule has 38 heavy (non-hydrogen) atoms. The number of rotatable bonds is 2. The van der Waals surface area contributed by atoms with E-state index in [-0.39, 0.29) is 12.3 Å². The first-order valence-corrected chi connectivity index (χ1v) is 13.5. The smallest absolute Gasteiger partial charge is 0.252 e. The first-order chi connectivity index (χ1) is 18.6. The first-order valence-electron chi connectivity index (χ1n) is 13.5. The molecule has 0 unspecified atom stereocenters. The van der Waals surface area contributed by atoms with Crippen LogP contribution in [0.3, 0.4) is 0 Å². The SMILES string of the molecule is CC1(C)c2cccc3c2N(CN1c1ccccc1)c1cccc2c1B3c1ccccc1N2c1ccccc1. The molecular formula is C34H28BN3. The molecule has 0 atom stereocenters. The van der Waals surface area contributed by atoms with Gasteiger partial charge in [0.1, 0.15) is 0 Å². The predicted octanol–water partition coefficient (Wildman–Crippen LogP) is 6.15. The molecule has 0 saturated heterocycles. The van der Waals surface area contributed by atoms with E-state index in [0.29, 0.717) is 0 Å². The molecule has 5 aromatic carbocycles. The second kappa shape index (κ2) is 7.78. The number of para-hydroxylation sites is 4. The van der Waals surface area contributed by atoms with Crippen molar-refractivity contribution in [1.82, 2.24) is 0 Å². The Bertz CT molecular complexity index is 1700. The zero-order chi connectivity index (χ0) is 25.4. The van der Waals surface area contributed by atoms with Gasteiger partial charge >= 0.3 is 0 Å². The molecule has 0 bridgehead atoms. The molecule has 0 radical (unpaired) electrons. The first kappa shape index (κ1) is 21.6. The van der Waals surface area contributed by atoms with Gasteiger partial charge in [0.2, 0.25) is 0 Å². The monoisotopic (exact) mass is 489 g/mol. The van der Waals surface area contributed by atoms with Gasteiger partial charge in [0, 0.05) is 39.7 Å². The summed E-state index contributed by atoms with van der Waals surface area (Å²) in [7, 11) is 0. The van der Waals surface area contributed by atoms with E-state index in [9.17, 15) is 0 Å². The van der Waals surface area contributed by atoms with Gasteiger partial charge in [0.15, 0.2) is 0 Å². The average Bonchev–Trinajstić information content (AvgIpc) is 2.96. The van der Waals surface area contributed by atoms with Gasteiger partial charge < -0.3 is 14.7 Å². The minimum absolute atomic E-state index is 0.150. The maximum Gasteiger partial charge on any atom is 0.252 e. The van der Waals surface area contributed by atoms with Crippen molar-refractivity contribution >= 4 is 57.2 Å². The van der Waals surface area contributed by atoms with Crippen molar-refractivity contribution < 1.29 is 0 Å². The van der Waals surface area contributed by atoms with Crippen LogP contribution in [-0.2, 0) is 5.54 Å². The molecule has 182 valence electrons. The Kier molecular flexibility index (Phi) is 4.43. The average molecular weight is 489 g/mol. The molecule has 3 aliphatic rings. The Labute approximate surface area is 224 Å². The molecule has 0 fully saturated rings. The largest absolute Gasteiger partial charge is 0.344 e. The Hall–Kier alpha value is -4.44. The van der Waals surface area contributed by atoms with E-state index in [1.807, 2.05) is 0 Å². The summed E-state index contributed by atoms with van der Waals surface area (Å²) in [6.07, 6.45) is 0. The Morgan fingerprint density at radius 2 is 1.18 bits per heavy atom. The number of benzene rings is 5. The molecule has 4 heteroatoms. The Morgan fingerprint density at radius 3 is 1.97 bits per heavy atom. The third-order valence-electron chi connectivity index (χ3n) is 8.72. The van der Waals surface area contributed by atoms with Crippen molar-refractivity contribution in [2.75, 3.05) is 21.4 Å². The van der Waals surface area contributed by atoms with Crippen molar-refractivity contribution in [1.29, 1.82) is 0 Å². The van der Waals surface area contributed by atoms with Crippen molar-refractivity contribution in [2.45, 2.75) is 19.4 Å². The van der Waals surface area contributed by atoms with Crippen molar-refractivity contribution in [3.8, 4) is 0 Å². The second-order valence-corrected chi connectivity index (χ2v) is 11.0. The van der Waals surface area contributed by atoms with E-state index in [1.54, 1.807) is 0 Å². The van der Waals surface area contributed by atoms with Crippen molar-refractivity contribution in [3.63, 3.8) is 0 Å². The minimum atomic E-state index is -0.150. The number of hydrogen-bond acceptors (Lipinski definition) is 3. The van der Waals surface area contributed by atoms with Crippen LogP contribution in [-0.4, -0.2) is 13.4 Å². The lowest BCUT2D eigenvalue weighted by molar-refractivity contribution is 0.466. The summed E-state index contributed by atoms with van der Waals surface area (Å²) >= 11 is 0. The summed E-state index contributed by atoms with van der Waals surface area (Å²) in [5.74, 6) is 0. The third-order valence-corrected chi connectivity index (χ3v) is 8.72. The van der Waals surface area contributed by atoms with Gasteiger partial charge in [-0.05, 0) is 72.7 Å². The lowest BCUT2D eigenvalue weighted by Gasteiger charge is -2.54. The Morgan fingerprint density at radius 1 is 0.579 bits per heavy atom. The summed E-state index contributed by atoms with van der Waals surface area (Å²) in [6, 6.07) is 44.4. The summed E-state index contributed by atoms with van der Waals surface area (Å²) in [6.45, 7) is 5.73. The van der Waals surface area contributed by atoms with Crippen LogP contribution in [0.1, 0.15) is 19.4 Å². The molecular weight excluding hydrogens is 461 g/mol. The molecule has 3 aliphatic heterocycles. The summed E-state index contributed by atoms with van der Waals surface area (Å²) in [4.78, 5) is 7.56. The van der Waals surface area contributed by atoms with Crippen LogP contribution in [0.5, 0.6) is 0 Å². The van der Waals surface area contributed by atoms with Crippen molar-refractivity contribution in [3.05, 3.63) is 127 Å². The van der Waals surface area contributed by atoms with Crippen LogP contribution in [0.2, 0.25) is 0 Å². The van der Waals surface area contributed by atoms with E-state index in [4.69, 9.17) is 0 Å². The number of fused-ring (bicyclic) bond motifs is 4. The fourth-order valence-corrected chi connectivity index (χ4v) is 7.00. The summed E-state index contributed by atoms with van der Waals surface area (Å²) in [5, 5.41) is 0. The molecule has 0 saturated carbocycles. The van der Waals surface area contributed by atoms with Crippen LogP contribution in [0.4, 0.5) is 34.1 Å². The van der Waals surface area contributed by atoms with E-state index in [1.165, 1.54) is 56.1 Å².